The van der Waals surface area contributed by atoms with Crippen molar-refractivity contribution in [2.75, 3.05) is 0 Å². The summed E-state index contributed by atoms with van der Waals surface area (Å²) in [5.74, 6) is -1.29. The lowest BCUT2D eigenvalue weighted by Crippen LogP contribution is -2.45. The molecule has 0 amide bonds. The third-order valence-electron chi connectivity index (χ3n) is 5.89. The largest absolute Gasteiger partial charge is 0.452 e. The predicted octanol–water partition coefficient (Wildman–Crippen LogP) is 2.69. The summed E-state index contributed by atoms with van der Waals surface area (Å²) in [6, 6.07) is 17.9. The van der Waals surface area contributed by atoms with E-state index in [4.69, 9.17) is 14.2 Å². The Bertz CT molecular complexity index is 1290. The summed E-state index contributed by atoms with van der Waals surface area (Å²) in [5.41, 5.74) is -1.81. The summed E-state index contributed by atoms with van der Waals surface area (Å²) in [6.07, 6.45) is -1.72. The third-order valence-corrected chi connectivity index (χ3v) is 5.89. The molecule has 0 saturated carbocycles. The highest BCUT2D eigenvalue weighted by Gasteiger charge is 2.57. The highest BCUT2D eigenvalue weighted by atomic mass is 16.7. The zero-order valence-electron chi connectivity index (χ0n) is 18.7. The van der Waals surface area contributed by atoms with E-state index in [0.717, 1.165) is 10.6 Å². The SMILES string of the molecule is CC[C@@]1(C)O[C@@H](n2ccc(=O)[nH]c2=O)[C@@H](OC(=O)c2ccccc2)C1OC(=O)c1ccccc1. The summed E-state index contributed by atoms with van der Waals surface area (Å²) >= 11 is 0. The minimum absolute atomic E-state index is 0.285. The van der Waals surface area contributed by atoms with Crippen LogP contribution in [0.1, 0.15) is 47.2 Å². The lowest BCUT2D eigenvalue weighted by Gasteiger charge is -2.30. The Hall–Kier alpha value is -3.98. The molecule has 1 saturated heterocycles. The smallest absolute Gasteiger partial charge is 0.338 e. The normalized spacial score (nSPS) is 23.9. The van der Waals surface area contributed by atoms with Crippen LogP contribution in [0.5, 0.6) is 0 Å². The summed E-state index contributed by atoms with van der Waals surface area (Å²) in [5, 5.41) is 0. The van der Waals surface area contributed by atoms with E-state index in [0.29, 0.717) is 12.0 Å². The lowest BCUT2D eigenvalue weighted by atomic mass is 9.94. The van der Waals surface area contributed by atoms with Gasteiger partial charge in [-0.3, -0.25) is 14.3 Å². The number of aromatic amines is 1. The Kier molecular flexibility index (Phi) is 6.47. The Morgan fingerprint density at radius 2 is 1.50 bits per heavy atom. The van der Waals surface area contributed by atoms with Crippen molar-refractivity contribution < 1.29 is 23.8 Å². The van der Waals surface area contributed by atoms with Gasteiger partial charge in [0.05, 0.1) is 11.1 Å². The van der Waals surface area contributed by atoms with Crippen LogP contribution in [-0.4, -0.2) is 39.3 Å². The molecule has 4 atom stereocenters. The first-order valence-corrected chi connectivity index (χ1v) is 10.8. The van der Waals surface area contributed by atoms with Crippen molar-refractivity contribution in [2.45, 2.75) is 44.3 Å². The fourth-order valence-electron chi connectivity index (χ4n) is 3.87. The van der Waals surface area contributed by atoms with Gasteiger partial charge in [0.2, 0.25) is 0 Å². The molecule has 1 aromatic heterocycles. The van der Waals surface area contributed by atoms with Crippen molar-refractivity contribution in [3.05, 3.63) is 105 Å². The maximum atomic E-state index is 13.0. The lowest BCUT2D eigenvalue weighted by molar-refractivity contribution is -0.0988. The number of nitrogens with one attached hydrogen (secondary N) is 1. The van der Waals surface area contributed by atoms with Crippen molar-refractivity contribution in [2.24, 2.45) is 0 Å². The summed E-state index contributed by atoms with van der Waals surface area (Å²) in [4.78, 5) is 52.2. The minimum Gasteiger partial charge on any atom is -0.452 e. The average Bonchev–Trinajstić information content (AvgIpc) is 3.11. The molecule has 3 aromatic rings. The highest BCUT2D eigenvalue weighted by molar-refractivity contribution is 5.90. The Morgan fingerprint density at radius 3 is 2.03 bits per heavy atom. The quantitative estimate of drug-likeness (QED) is 0.558. The molecule has 0 spiro atoms. The van der Waals surface area contributed by atoms with Crippen LogP contribution >= 0.6 is 0 Å². The molecule has 34 heavy (non-hydrogen) atoms. The van der Waals surface area contributed by atoms with Crippen molar-refractivity contribution in [3.63, 3.8) is 0 Å². The number of hydrogen-bond acceptors (Lipinski definition) is 7. The van der Waals surface area contributed by atoms with Crippen LogP contribution in [0.2, 0.25) is 0 Å². The number of hydrogen-bond donors (Lipinski definition) is 1. The molecule has 1 N–H and O–H groups in total. The zero-order valence-corrected chi connectivity index (χ0v) is 18.7. The van der Waals surface area contributed by atoms with E-state index in [1.807, 2.05) is 6.92 Å². The number of ether oxygens (including phenoxy) is 3. The van der Waals surface area contributed by atoms with Crippen molar-refractivity contribution >= 4 is 11.9 Å². The molecule has 1 fully saturated rings. The summed E-state index contributed by atoms with van der Waals surface area (Å²) in [6.45, 7) is 3.55. The van der Waals surface area contributed by atoms with E-state index in [-0.39, 0.29) is 5.56 Å². The van der Waals surface area contributed by atoms with Gasteiger partial charge in [0.15, 0.2) is 18.4 Å². The van der Waals surface area contributed by atoms with E-state index in [9.17, 15) is 19.2 Å². The molecular weight excluding hydrogens is 440 g/mol. The van der Waals surface area contributed by atoms with Gasteiger partial charge in [-0.05, 0) is 37.6 Å². The molecule has 1 aliphatic heterocycles. The monoisotopic (exact) mass is 464 g/mol. The van der Waals surface area contributed by atoms with Crippen molar-refractivity contribution in [1.82, 2.24) is 9.55 Å². The van der Waals surface area contributed by atoms with Crippen LogP contribution in [0.4, 0.5) is 0 Å². The van der Waals surface area contributed by atoms with Crippen LogP contribution in [0.25, 0.3) is 0 Å². The molecule has 1 unspecified atom stereocenters. The van der Waals surface area contributed by atoms with E-state index < -0.39 is 47.2 Å². The van der Waals surface area contributed by atoms with E-state index >= 15 is 0 Å². The molecule has 2 aromatic carbocycles. The van der Waals surface area contributed by atoms with Gasteiger partial charge in [0, 0.05) is 12.3 Å². The van der Waals surface area contributed by atoms with Gasteiger partial charge in [-0.2, -0.15) is 0 Å². The van der Waals surface area contributed by atoms with Gasteiger partial charge >= 0.3 is 17.6 Å². The van der Waals surface area contributed by atoms with Gasteiger partial charge in [-0.1, -0.05) is 43.3 Å². The maximum Gasteiger partial charge on any atom is 0.338 e. The first-order valence-electron chi connectivity index (χ1n) is 10.8. The molecule has 2 heterocycles. The van der Waals surface area contributed by atoms with Crippen LogP contribution in [-0.2, 0) is 14.2 Å². The maximum absolute atomic E-state index is 13.0. The predicted molar refractivity (Wildman–Crippen MR) is 121 cm³/mol. The second kappa shape index (κ2) is 9.48. The molecule has 0 aliphatic carbocycles. The van der Waals surface area contributed by atoms with Crippen LogP contribution in [0.3, 0.4) is 0 Å². The number of esters is 2. The van der Waals surface area contributed by atoms with E-state index in [1.165, 1.54) is 6.20 Å². The number of H-pyrrole nitrogens is 1. The van der Waals surface area contributed by atoms with Crippen LogP contribution in [0, 0.1) is 0 Å². The molecule has 1 aliphatic rings. The first kappa shape index (κ1) is 23.2. The van der Waals surface area contributed by atoms with Gasteiger partial charge in [-0.25, -0.2) is 14.4 Å². The second-order valence-electron chi connectivity index (χ2n) is 8.12. The van der Waals surface area contributed by atoms with Crippen molar-refractivity contribution in [1.29, 1.82) is 0 Å². The minimum atomic E-state index is -1.17. The Balaban J connectivity index is 1.75. The van der Waals surface area contributed by atoms with Crippen LogP contribution in [0.15, 0.2) is 82.5 Å². The van der Waals surface area contributed by atoms with Crippen LogP contribution < -0.4 is 11.2 Å². The number of nitrogens with zero attached hydrogens (tertiary/aromatic N) is 1. The van der Waals surface area contributed by atoms with Gasteiger partial charge < -0.3 is 14.2 Å². The molecule has 0 bridgehead atoms. The number of carbonyl (C=O) groups is 2. The Labute approximate surface area is 194 Å². The highest BCUT2D eigenvalue weighted by Crippen LogP contribution is 2.42. The number of carbonyl (C=O) groups excluding carboxylic acids is 2. The van der Waals surface area contributed by atoms with Gasteiger partial charge in [0.25, 0.3) is 5.56 Å². The fraction of sp³-hybridized carbons (Fsp3) is 0.280. The zero-order chi connectivity index (χ0) is 24.3. The van der Waals surface area contributed by atoms with E-state index in [2.05, 4.69) is 4.98 Å². The van der Waals surface area contributed by atoms with Gasteiger partial charge in [0.1, 0.15) is 5.60 Å². The molecule has 4 rings (SSSR count). The molecule has 0 radical (unpaired) electrons. The van der Waals surface area contributed by atoms with Crippen molar-refractivity contribution in [3.8, 4) is 0 Å². The van der Waals surface area contributed by atoms with E-state index in [1.54, 1.807) is 67.6 Å². The first-order chi connectivity index (χ1) is 16.3. The fourth-order valence-corrected chi connectivity index (χ4v) is 3.87. The molecule has 9 heteroatoms. The van der Waals surface area contributed by atoms with Gasteiger partial charge in [-0.15, -0.1) is 0 Å². The molecule has 9 nitrogen and oxygen atoms in total. The number of rotatable bonds is 6. The topological polar surface area (TPSA) is 117 Å². The number of aromatic nitrogens is 2. The summed E-state index contributed by atoms with van der Waals surface area (Å²) in [7, 11) is 0. The summed E-state index contributed by atoms with van der Waals surface area (Å²) < 4.78 is 19.0. The standard InChI is InChI=1S/C25H24N2O7/c1-3-25(2)20(33-23(30)17-12-8-5-9-13-17)19(32-22(29)16-10-6-4-7-11-16)21(34-25)27-15-14-18(28)26-24(27)31/h4-15,19-21H,3H2,1-2H3,(H,26,28,31)/t19-,20?,21+,25+/m0/s1. The second-order valence-corrected chi connectivity index (χ2v) is 8.12. The molecule has 176 valence electrons. The Morgan fingerprint density at radius 1 is 0.941 bits per heavy atom. The average molecular weight is 464 g/mol. The number of benzene rings is 2. The molecular formula is C25H24N2O7. The third kappa shape index (κ3) is 4.55.